The topological polar surface area (TPSA) is 9.23 Å². The molecule has 1 fully saturated rings. The standard InChI is InChI=1S/C18H28OS/c1-14-8-9-15(2)17(16(14)3)19-12-18(13-20)10-6-4-5-7-11-18/h8-9,20H,4-7,10-13H2,1-3H3. The highest BCUT2D eigenvalue weighted by molar-refractivity contribution is 7.80. The summed E-state index contributed by atoms with van der Waals surface area (Å²) in [4.78, 5) is 0. The van der Waals surface area contributed by atoms with E-state index in [2.05, 4.69) is 45.5 Å². The molecule has 1 aromatic carbocycles. The van der Waals surface area contributed by atoms with Crippen LogP contribution in [0, 0.1) is 26.2 Å². The summed E-state index contributed by atoms with van der Waals surface area (Å²) < 4.78 is 6.29. The largest absolute Gasteiger partial charge is 0.492 e. The predicted molar refractivity (Wildman–Crippen MR) is 90.1 cm³/mol. The molecule has 20 heavy (non-hydrogen) atoms. The molecule has 1 aliphatic rings. The van der Waals surface area contributed by atoms with E-state index >= 15 is 0 Å². The molecule has 0 spiro atoms. The average molecular weight is 292 g/mol. The molecule has 0 amide bonds. The van der Waals surface area contributed by atoms with Crippen molar-refractivity contribution in [3.05, 3.63) is 28.8 Å². The lowest BCUT2D eigenvalue weighted by atomic mass is 9.83. The Hall–Kier alpha value is -0.630. The SMILES string of the molecule is Cc1ccc(C)c(OCC2(CS)CCCCCC2)c1C. The fourth-order valence-electron chi connectivity index (χ4n) is 3.20. The minimum absolute atomic E-state index is 0.280. The van der Waals surface area contributed by atoms with Gasteiger partial charge in [0.15, 0.2) is 0 Å². The highest BCUT2D eigenvalue weighted by Crippen LogP contribution is 2.37. The molecule has 1 aliphatic carbocycles. The van der Waals surface area contributed by atoms with E-state index in [9.17, 15) is 0 Å². The molecule has 0 unspecified atom stereocenters. The van der Waals surface area contributed by atoms with E-state index in [1.807, 2.05) is 0 Å². The van der Waals surface area contributed by atoms with Crippen molar-refractivity contribution in [1.82, 2.24) is 0 Å². The Morgan fingerprint density at radius 2 is 1.60 bits per heavy atom. The highest BCUT2D eigenvalue weighted by atomic mass is 32.1. The van der Waals surface area contributed by atoms with Crippen LogP contribution in [0.25, 0.3) is 0 Å². The van der Waals surface area contributed by atoms with Crippen molar-refractivity contribution in [2.24, 2.45) is 5.41 Å². The van der Waals surface area contributed by atoms with Crippen LogP contribution in [0.4, 0.5) is 0 Å². The van der Waals surface area contributed by atoms with Crippen LogP contribution in [-0.4, -0.2) is 12.4 Å². The molecule has 1 saturated carbocycles. The van der Waals surface area contributed by atoms with Crippen molar-refractivity contribution in [2.45, 2.75) is 59.3 Å². The van der Waals surface area contributed by atoms with Crippen LogP contribution in [-0.2, 0) is 0 Å². The molecule has 0 saturated heterocycles. The Kier molecular flexibility index (Phi) is 5.42. The van der Waals surface area contributed by atoms with Crippen LogP contribution >= 0.6 is 12.6 Å². The zero-order chi connectivity index (χ0) is 14.6. The van der Waals surface area contributed by atoms with Gasteiger partial charge in [0, 0.05) is 5.41 Å². The van der Waals surface area contributed by atoms with Crippen molar-refractivity contribution in [2.75, 3.05) is 12.4 Å². The normalized spacial score (nSPS) is 18.6. The van der Waals surface area contributed by atoms with Crippen LogP contribution < -0.4 is 4.74 Å². The fourth-order valence-corrected chi connectivity index (χ4v) is 3.61. The predicted octanol–water partition coefficient (Wildman–Crippen LogP) is 5.26. The molecule has 1 nitrogen and oxygen atoms in total. The van der Waals surface area contributed by atoms with E-state index in [0.717, 1.165) is 18.1 Å². The molecule has 0 radical (unpaired) electrons. The van der Waals surface area contributed by atoms with Gasteiger partial charge >= 0.3 is 0 Å². The lowest BCUT2D eigenvalue weighted by molar-refractivity contribution is 0.147. The molecular weight excluding hydrogens is 264 g/mol. The summed E-state index contributed by atoms with van der Waals surface area (Å²) in [7, 11) is 0. The monoisotopic (exact) mass is 292 g/mol. The van der Waals surface area contributed by atoms with Crippen molar-refractivity contribution in [1.29, 1.82) is 0 Å². The zero-order valence-electron chi connectivity index (χ0n) is 13.2. The van der Waals surface area contributed by atoms with E-state index in [1.54, 1.807) is 0 Å². The first-order chi connectivity index (χ1) is 9.58. The molecule has 112 valence electrons. The third-order valence-corrected chi connectivity index (χ3v) is 5.57. The second-order valence-corrected chi connectivity index (χ2v) is 6.83. The van der Waals surface area contributed by atoms with Crippen molar-refractivity contribution in [3.8, 4) is 5.75 Å². The molecule has 0 N–H and O–H groups in total. The Labute approximate surface area is 129 Å². The van der Waals surface area contributed by atoms with Crippen LogP contribution in [0.1, 0.15) is 55.2 Å². The summed E-state index contributed by atoms with van der Waals surface area (Å²) in [5.41, 5.74) is 4.12. The van der Waals surface area contributed by atoms with Gasteiger partial charge in [-0.2, -0.15) is 12.6 Å². The molecular formula is C18H28OS. The number of hydrogen-bond donors (Lipinski definition) is 1. The summed E-state index contributed by atoms with van der Waals surface area (Å²) >= 11 is 4.64. The molecule has 0 bridgehead atoms. The maximum atomic E-state index is 6.29. The third-order valence-electron chi connectivity index (χ3n) is 4.90. The number of benzene rings is 1. The second-order valence-electron chi connectivity index (χ2n) is 6.51. The summed E-state index contributed by atoms with van der Waals surface area (Å²) in [5, 5.41) is 0. The van der Waals surface area contributed by atoms with E-state index in [0.29, 0.717) is 0 Å². The van der Waals surface area contributed by atoms with Gasteiger partial charge in [-0.25, -0.2) is 0 Å². The quantitative estimate of drug-likeness (QED) is 0.588. The number of aryl methyl sites for hydroxylation is 2. The molecule has 0 aromatic heterocycles. The Balaban J connectivity index is 2.12. The molecule has 0 heterocycles. The summed E-state index contributed by atoms with van der Waals surface area (Å²) in [6.45, 7) is 7.28. The number of hydrogen-bond acceptors (Lipinski definition) is 2. The fraction of sp³-hybridized carbons (Fsp3) is 0.667. The first-order valence-corrected chi connectivity index (χ1v) is 8.52. The van der Waals surface area contributed by atoms with Gasteiger partial charge < -0.3 is 4.74 Å². The van der Waals surface area contributed by atoms with E-state index in [-0.39, 0.29) is 5.41 Å². The van der Waals surface area contributed by atoms with Crippen LogP contribution in [0.5, 0.6) is 5.75 Å². The van der Waals surface area contributed by atoms with Gasteiger partial charge in [0.05, 0.1) is 6.61 Å². The summed E-state index contributed by atoms with van der Waals surface area (Å²) in [6.07, 6.45) is 7.93. The number of ether oxygens (including phenoxy) is 1. The Bertz CT molecular complexity index is 445. The molecule has 0 aliphatic heterocycles. The molecule has 2 rings (SSSR count). The lowest BCUT2D eigenvalue weighted by Gasteiger charge is -2.31. The first-order valence-electron chi connectivity index (χ1n) is 7.88. The maximum absolute atomic E-state index is 6.29. The number of rotatable bonds is 4. The van der Waals surface area contributed by atoms with Gasteiger partial charge in [0.2, 0.25) is 0 Å². The maximum Gasteiger partial charge on any atom is 0.125 e. The lowest BCUT2D eigenvalue weighted by Crippen LogP contribution is -2.30. The van der Waals surface area contributed by atoms with Crippen molar-refractivity contribution < 1.29 is 4.74 Å². The minimum atomic E-state index is 0.280. The Morgan fingerprint density at radius 3 is 2.20 bits per heavy atom. The Morgan fingerprint density at radius 1 is 1.00 bits per heavy atom. The van der Waals surface area contributed by atoms with E-state index in [4.69, 9.17) is 4.74 Å². The number of thiol groups is 1. The van der Waals surface area contributed by atoms with Crippen molar-refractivity contribution in [3.63, 3.8) is 0 Å². The van der Waals surface area contributed by atoms with Gasteiger partial charge in [0.25, 0.3) is 0 Å². The van der Waals surface area contributed by atoms with Gasteiger partial charge in [0.1, 0.15) is 5.75 Å². The van der Waals surface area contributed by atoms with Crippen LogP contribution in [0.2, 0.25) is 0 Å². The minimum Gasteiger partial charge on any atom is -0.492 e. The van der Waals surface area contributed by atoms with Crippen LogP contribution in [0.3, 0.4) is 0 Å². The first kappa shape index (κ1) is 15.8. The molecule has 0 atom stereocenters. The third kappa shape index (κ3) is 3.52. The second kappa shape index (κ2) is 6.89. The van der Waals surface area contributed by atoms with Crippen LogP contribution in [0.15, 0.2) is 12.1 Å². The van der Waals surface area contributed by atoms with Gasteiger partial charge in [-0.1, -0.05) is 37.8 Å². The zero-order valence-corrected chi connectivity index (χ0v) is 14.1. The molecule has 2 heteroatoms. The van der Waals surface area contributed by atoms with Gasteiger partial charge in [-0.3, -0.25) is 0 Å². The summed E-state index contributed by atoms with van der Waals surface area (Å²) in [5.74, 6) is 2.03. The van der Waals surface area contributed by atoms with Gasteiger partial charge in [-0.15, -0.1) is 0 Å². The molecule has 1 aromatic rings. The smallest absolute Gasteiger partial charge is 0.125 e. The van der Waals surface area contributed by atoms with Gasteiger partial charge in [-0.05, 0) is 56.1 Å². The highest BCUT2D eigenvalue weighted by Gasteiger charge is 2.30. The van der Waals surface area contributed by atoms with E-state index < -0.39 is 0 Å². The van der Waals surface area contributed by atoms with Crippen molar-refractivity contribution >= 4 is 12.6 Å². The average Bonchev–Trinajstić information content (AvgIpc) is 2.69. The summed E-state index contributed by atoms with van der Waals surface area (Å²) in [6, 6.07) is 4.34. The van der Waals surface area contributed by atoms with E-state index in [1.165, 1.54) is 55.2 Å².